The number of aryl methyl sites for hydroxylation is 1. The third kappa shape index (κ3) is 3.87. The number of thiazole rings is 1. The summed E-state index contributed by atoms with van der Waals surface area (Å²) in [5.74, 6) is -0.0614. The Balaban J connectivity index is 1.37. The number of aromatic nitrogens is 3. The Morgan fingerprint density at radius 2 is 1.97 bits per heavy atom. The molecule has 1 aliphatic heterocycles. The molecule has 0 aliphatic carbocycles. The maximum absolute atomic E-state index is 13.0. The first-order valence-corrected chi connectivity index (χ1v) is 11.9. The maximum Gasteiger partial charge on any atom is 0.229 e. The number of nitrogens with zero attached hydrogens (tertiary/aromatic N) is 4. The molecule has 32 heavy (non-hydrogen) atoms. The minimum atomic E-state index is -0.0964. The highest BCUT2D eigenvalue weighted by Crippen LogP contribution is 2.35. The summed E-state index contributed by atoms with van der Waals surface area (Å²) in [5.41, 5.74) is 4.50. The predicted molar refractivity (Wildman–Crippen MR) is 131 cm³/mol. The highest BCUT2D eigenvalue weighted by atomic mass is 35.5. The van der Waals surface area contributed by atoms with Gasteiger partial charge in [-0.05, 0) is 56.5 Å². The van der Waals surface area contributed by atoms with Crippen molar-refractivity contribution >= 4 is 50.0 Å². The molecule has 1 N–H and O–H groups in total. The summed E-state index contributed by atoms with van der Waals surface area (Å²) in [4.78, 5) is 20.2. The minimum absolute atomic E-state index is 0.0350. The predicted octanol–water partition coefficient (Wildman–Crippen LogP) is 5.61. The van der Waals surface area contributed by atoms with Gasteiger partial charge in [0, 0.05) is 23.8 Å². The van der Waals surface area contributed by atoms with Crippen LogP contribution in [0.4, 0.5) is 10.8 Å². The SMILES string of the molecule is Cc1c(Cl)cccc1NC(=O)[C@H]1CCCN(c2nc3c(s2)c(C)nn3-c2ccccc2)C1. The molecule has 4 aromatic rings. The normalized spacial score (nSPS) is 16.5. The van der Waals surface area contributed by atoms with Crippen molar-refractivity contribution in [1.82, 2.24) is 14.8 Å². The Labute approximate surface area is 195 Å². The van der Waals surface area contributed by atoms with E-state index in [0.29, 0.717) is 11.6 Å². The molecule has 0 spiro atoms. The van der Waals surface area contributed by atoms with Gasteiger partial charge in [0.1, 0.15) is 0 Å². The lowest BCUT2D eigenvalue weighted by molar-refractivity contribution is -0.120. The molecule has 2 aromatic heterocycles. The van der Waals surface area contributed by atoms with Gasteiger partial charge in [0.15, 0.2) is 10.8 Å². The summed E-state index contributed by atoms with van der Waals surface area (Å²) < 4.78 is 2.99. The molecular weight excluding hydrogens is 442 g/mol. The number of carbonyl (C=O) groups excluding carboxylic acids is 1. The fourth-order valence-corrected chi connectivity index (χ4v) is 5.35. The van der Waals surface area contributed by atoms with Crippen molar-refractivity contribution in [2.45, 2.75) is 26.7 Å². The number of hydrogen-bond donors (Lipinski definition) is 1. The molecule has 0 unspecified atom stereocenters. The number of anilines is 2. The van der Waals surface area contributed by atoms with Crippen LogP contribution in [0.2, 0.25) is 5.02 Å². The quantitative estimate of drug-likeness (QED) is 0.425. The van der Waals surface area contributed by atoms with E-state index in [2.05, 4.69) is 15.3 Å². The van der Waals surface area contributed by atoms with E-state index in [9.17, 15) is 4.79 Å². The fraction of sp³-hybridized carbons (Fsp3) is 0.292. The molecule has 5 rings (SSSR count). The first-order valence-electron chi connectivity index (χ1n) is 10.7. The number of para-hydroxylation sites is 1. The summed E-state index contributed by atoms with van der Waals surface area (Å²) in [5, 5.41) is 9.36. The van der Waals surface area contributed by atoms with Gasteiger partial charge in [-0.3, -0.25) is 4.79 Å². The van der Waals surface area contributed by atoms with Crippen LogP contribution in [0.1, 0.15) is 24.1 Å². The number of nitrogens with one attached hydrogen (secondary N) is 1. The molecule has 2 aromatic carbocycles. The average Bonchev–Trinajstić information content (AvgIpc) is 3.38. The largest absolute Gasteiger partial charge is 0.347 e. The zero-order chi connectivity index (χ0) is 22.2. The number of fused-ring (bicyclic) bond motifs is 1. The van der Waals surface area contributed by atoms with E-state index in [4.69, 9.17) is 16.6 Å². The van der Waals surface area contributed by atoms with Gasteiger partial charge in [0.2, 0.25) is 5.91 Å². The second-order valence-corrected chi connectivity index (χ2v) is 9.55. The van der Waals surface area contributed by atoms with Gasteiger partial charge in [-0.1, -0.05) is 47.2 Å². The summed E-state index contributed by atoms with van der Waals surface area (Å²) in [6.07, 6.45) is 1.82. The lowest BCUT2D eigenvalue weighted by atomic mass is 9.97. The second-order valence-electron chi connectivity index (χ2n) is 8.17. The van der Waals surface area contributed by atoms with Crippen molar-refractivity contribution in [3.05, 3.63) is 64.8 Å². The topological polar surface area (TPSA) is 63.1 Å². The lowest BCUT2D eigenvalue weighted by Crippen LogP contribution is -2.40. The molecule has 0 radical (unpaired) electrons. The monoisotopic (exact) mass is 465 g/mol. The number of rotatable bonds is 4. The molecule has 164 valence electrons. The number of benzene rings is 2. The summed E-state index contributed by atoms with van der Waals surface area (Å²) in [7, 11) is 0. The third-order valence-electron chi connectivity index (χ3n) is 5.97. The van der Waals surface area contributed by atoms with Crippen LogP contribution in [-0.4, -0.2) is 33.8 Å². The molecule has 0 saturated carbocycles. The summed E-state index contributed by atoms with van der Waals surface area (Å²) in [6, 6.07) is 15.6. The van der Waals surface area contributed by atoms with Crippen molar-refractivity contribution in [3.63, 3.8) is 0 Å². The van der Waals surface area contributed by atoms with Gasteiger partial charge in [0.25, 0.3) is 0 Å². The van der Waals surface area contributed by atoms with Gasteiger partial charge in [-0.2, -0.15) is 10.1 Å². The van der Waals surface area contributed by atoms with Crippen molar-refractivity contribution in [1.29, 1.82) is 0 Å². The molecule has 1 aliphatic rings. The number of hydrogen-bond acceptors (Lipinski definition) is 5. The van der Waals surface area contributed by atoms with Crippen LogP contribution in [0.5, 0.6) is 0 Å². The van der Waals surface area contributed by atoms with Crippen LogP contribution < -0.4 is 10.2 Å². The number of halogens is 1. The van der Waals surface area contributed by atoms with Crippen LogP contribution in [0.25, 0.3) is 16.0 Å². The van der Waals surface area contributed by atoms with E-state index in [0.717, 1.165) is 57.5 Å². The Bertz CT molecular complexity index is 1280. The number of piperidine rings is 1. The highest BCUT2D eigenvalue weighted by Gasteiger charge is 2.29. The molecule has 0 bridgehead atoms. The fourth-order valence-electron chi connectivity index (χ4n) is 4.15. The van der Waals surface area contributed by atoms with E-state index < -0.39 is 0 Å². The molecule has 1 fully saturated rings. The summed E-state index contributed by atoms with van der Waals surface area (Å²) in [6.45, 7) is 5.49. The first kappa shape index (κ1) is 21.0. The Morgan fingerprint density at radius 1 is 1.16 bits per heavy atom. The van der Waals surface area contributed by atoms with E-state index in [-0.39, 0.29) is 11.8 Å². The van der Waals surface area contributed by atoms with Crippen molar-refractivity contribution in [2.24, 2.45) is 5.92 Å². The first-order chi connectivity index (χ1) is 15.5. The molecule has 3 heterocycles. The second kappa shape index (κ2) is 8.56. The van der Waals surface area contributed by atoms with Crippen LogP contribution >= 0.6 is 22.9 Å². The van der Waals surface area contributed by atoms with Gasteiger partial charge in [0.05, 0.1) is 22.0 Å². The molecule has 1 amide bonds. The van der Waals surface area contributed by atoms with Gasteiger partial charge >= 0.3 is 0 Å². The van der Waals surface area contributed by atoms with E-state index >= 15 is 0 Å². The lowest BCUT2D eigenvalue weighted by Gasteiger charge is -2.31. The van der Waals surface area contributed by atoms with Crippen LogP contribution in [0, 0.1) is 19.8 Å². The van der Waals surface area contributed by atoms with Crippen LogP contribution in [0.15, 0.2) is 48.5 Å². The molecular formula is C24H24ClN5OS. The zero-order valence-electron chi connectivity index (χ0n) is 18.0. The average molecular weight is 466 g/mol. The molecule has 6 nitrogen and oxygen atoms in total. The van der Waals surface area contributed by atoms with Crippen molar-refractivity contribution < 1.29 is 4.79 Å². The standard InChI is InChI=1S/C24H24ClN5OS/c1-15-19(25)11-6-12-20(15)26-23(31)17-8-7-13-29(14-17)24-27-22-21(32-24)16(2)28-30(22)18-9-4-3-5-10-18/h3-6,9-12,17H,7-8,13-14H2,1-2H3,(H,26,31)/t17-/m0/s1. The van der Waals surface area contributed by atoms with Crippen LogP contribution in [-0.2, 0) is 4.79 Å². The number of amides is 1. The molecule has 8 heteroatoms. The van der Waals surface area contributed by atoms with Gasteiger partial charge in [-0.15, -0.1) is 0 Å². The van der Waals surface area contributed by atoms with E-state index in [1.165, 1.54) is 0 Å². The molecule has 1 atom stereocenters. The smallest absolute Gasteiger partial charge is 0.229 e. The van der Waals surface area contributed by atoms with Crippen molar-refractivity contribution in [3.8, 4) is 5.69 Å². The van der Waals surface area contributed by atoms with E-state index in [1.807, 2.05) is 67.1 Å². The number of carbonyl (C=O) groups is 1. The summed E-state index contributed by atoms with van der Waals surface area (Å²) >= 11 is 7.86. The van der Waals surface area contributed by atoms with Crippen LogP contribution in [0.3, 0.4) is 0 Å². The van der Waals surface area contributed by atoms with Crippen molar-refractivity contribution in [2.75, 3.05) is 23.3 Å². The van der Waals surface area contributed by atoms with Gasteiger partial charge in [-0.25, -0.2) is 4.68 Å². The minimum Gasteiger partial charge on any atom is -0.347 e. The third-order valence-corrected chi connectivity index (χ3v) is 7.59. The highest BCUT2D eigenvalue weighted by molar-refractivity contribution is 7.22. The van der Waals surface area contributed by atoms with Gasteiger partial charge < -0.3 is 10.2 Å². The Kier molecular flexibility index (Phi) is 5.61. The van der Waals surface area contributed by atoms with E-state index in [1.54, 1.807) is 11.3 Å². The maximum atomic E-state index is 13.0. The zero-order valence-corrected chi connectivity index (χ0v) is 19.6. The Morgan fingerprint density at radius 3 is 2.78 bits per heavy atom. The molecule has 1 saturated heterocycles. The Hall–Kier alpha value is -2.90.